The molecule has 2 aliphatic rings. The van der Waals surface area contributed by atoms with Crippen molar-refractivity contribution in [2.45, 2.75) is 57.4 Å². The summed E-state index contributed by atoms with van der Waals surface area (Å²) in [7, 11) is 1.64. The zero-order chi connectivity index (χ0) is 23.0. The maximum atomic E-state index is 13.2. The Balaban J connectivity index is 1.34. The second kappa shape index (κ2) is 11.3. The monoisotopic (exact) mass is 449 g/mol. The molecule has 1 atom stereocenters. The normalized spacial score (nSPS) is 18.2. The van der Waals surface area contributed by atoms with Crippen LogP contribution >= 0.6 is 0 Å². The zero-order valence-corrected chi connectivity index (χ0v) is 19.5. The van der Waals surface area contributed by atoms with E-state index in [-0.39, 0.29) is 23.8 Å². The molecule has 1 saturated heterocycles. The molecule has 6 nitrogen and oxygen atoms in total. The van der Waals surface area contributed by atoms with E-state index in [0.717, 1.165) is 29.3 Å². The molecule has 2 heterocycles. The standard InChI is InChI=1S/C27H35N3O3/c1-33-23-12-10-21(11-13-23)26(24-8-4-5-17-28-24)29-27(32)22-15-18-30(19-16-22)25(31)14-9-20-6-2-3-7-20/h4-5,8,10-13,17,20,22,26H,2-3,6-7,9,14-16,18-19H2,1H3,(H,29,32). The average molecular weight is 450 g/mol. The first-order chi connectivity index (χ1) is 16.1. The van der Waals surface area contributed by atoms with Crippen LogP contribution in [0, 0.1) is 11.8 Å². The topological polar surface area (TPSA) is 71.5 Å². The highest BCUT2D eigenvalue weighted by Crippen LogP contribution is 2.29. The molecule has 1 aromatic carbocycles. The number of rotatable bonds is 8. The van der Waals surface area contributed by atoms with E-state index in [1.54, 1.807) is 13.3 Å². The number of nitrogens with zero attached hydrogens (tertiary/aromatic N) is 2. The van der Waals surface area contributed by atoms with Gasteiger partial charge in [0.1, 0.15) is 5.75 Å². The van der Waals surface area contributed by atoms with Gasteiger partial charge in [-0.2, -0.15) is 0 Å². The summed E-state index contributed by atoms with van der Waals surface area (Å²) in [5, 5.41) is 3.22. The minimum Gasteiger partial charge on any atom is -0.497 e. The molecule has 1 unspecified atom stereocenters. The molecule has 1 N–H and O–H groups in total. The number of ether oxygens (including phenoxy) is 1. The van der Waals surface area contributed by atoms with Gasteiger partial charge in [-0.1, -0.05) is 43.9 Å². The number of methoxy groups -OCH3 is 1. The van der Waals surface area contributed by atoms with Crippen LogP contribution in [0.2, 0.25) is 0 Å². The molecule has 0 radical (unpaired) electrons. The summed E-state index contributed by atoms with van der Waals surface area (Å²) in [4.78, 5) is 32.3. The highest BCUT2D eigenvalue weighted by molar-refractivity contribution is 5.80. The lowest BCUT2D eigenvalue weighted by Gasteiger charge is -2.32. The number of carbonyl (C=O) groups excluding carboxylic acids is 2. The number of hydrogen-bond acceptors (Lipinski definition) is 4. The van der Waals surface area contributed by atoms with Crippen LogP contribution in [0.25, 0.3) is 0 Å². The lowest BCUT2D eigenvalue weighted by atomic mass is 9.93. The Morgan fingerprint density at radius 1 is 1.06 bits per heavy atom. The quantitative estimate of drug-likeness (QED) is 0.644. The number of likely N-dealkylation sites (tertiary alicyclic amines) is 1. The number of aromatic nitrogens is 1. The van der Waals surface area contributed by atoms with E-state index in [1.165, 1.54) is 25.7 Å². The highest BCUT2D eigenvalue weighted by atomic mass is 16.5. The summed E-state index contributed by atoms with van der Waals surface area (Å²) in [6.07, 6.45) is 10.0. The van der Waals surface area contributed by atoms with Crippen molar-refractivity contribution in [1.29, 1.82) is 0 Å². The van der Waals surface area contributed by atoms with E-state index in [4.69, 9.17) is 4.74 Å². The minimum atomic E-state index is -0.323. The average Bonchev–Trinajstić information content (AvgIpc) is 3.40. The summed E-state index contributed by atoms with van der Waals surface area (Å²) < 4.78 is 5.27. The van der Waals surface area contributed by atoms with Crippen LogP contribution in [0.5, 0.6) is 5.75 Å². The third kappa shape index (κ3) is 6.12. The molecule has 176 valence electrons. The second-order valence-corrected chi connectivity index (χ2v) is 9.31. The molecular weight excluding hydrogens is 414 g/mol. The Labute approximate surface area is 196 Å². The molecule has 33 heavy (non-hydrogen) atoms. The van der Waals surface area contributed by atoms with E-state index in [0.29, 0.717) is 32.4 Å². The molecule has 6 heteroatoms. The lowest BCUT2D eigenvalue weighted by molar-refractivity contribution is -0.136. The second-order valence-electron chi connectivity index (χ2n) is 9.31. The fraction of sp³-hybridized carbons (Fsp3) is 0.519. The van der Waals surface area contributed by atoms with Gasteiger partial charge in [-0.25, -0.2) is 0 Å². The van der Waals surface area contributed by atoms with Gasteiger partial charge in [0.2, 0.25) is 11.8 Å². The molecule has 1 aliphatic heterocycles. The lowest BCUT2D eigenvalue weighted by Crippen LogP contribution is -2.44. The van der Waals surface area contributed by atoms with Gasteiger partial charge in [-0.3, -0.25) is 14.6 Å². The number of nitrogens with one attached hydrogen (secondary N) is 1. The Morgan fingerprint density at radius 2 is 1.79 bits per heavy atom. The van der Waals surface area contributed by atoms with Gasteiger partial charge in [0.15, 0.2) is 0 Å². The zero-order valence-electron chi connectivity index (χ0n) is 19.5. The first kappa shape index (κ1) is 23.3. The molecule has 1 saturated carbocycles. The number of benzene rings is 1. The van der Waals surface area contributed by atoms with E-state index in [2.05, 4.69) is 10.3 Å². The fourth-order valence-electron chi connectivity index (χ4n) is 5.11. The number of carbonyl (C=O) groups is 2. The Kier molecular flexibility index (Phi) is 7.97. The SMILES string of the molecule is COc1ccc(C(NC(=O)C2CCN(C(=O)CCC3CCCC3)CC2)c2ccccn2)cc1. The smallest absolute Gasteiger partial charge is 0.224 e. The minimum absolute atomic E-state index is 0.0273. The molecule has 2 aromatic rings. The third-order valence-electron chi connectivity index (χ3n) is 7.18. The molecular formula is C27H35N3O3. The number of amides is 2. The van der Waals surface area contributed by atoms with Gasteiger partial charge < -0.3 is 15.0 Å². The van der Waals surface area contributed by atoms with Crippen molar-refractivity contribution < 1.29 is 14.3 Å². The van der Waals surface area contributed by atoms with Crippen molar-refractivity contribution in [3.63, 3.8) is 0 Å². The molecule has 0 bridgehead atoms. The first-order valence-corrected chi connectivity index (χ1v) is 12.3. The number of hydrogen-bond donors (Lipinski definition) is 1. The van der Waals surface area contributed by atoms with Gasteiger partial charge in [0, 0.05) is 31.6 Å². The van der Waals surface area contributed by atoms with E-state index in [1.807, 2.05) is 47.4 Å². The van der Waals surface area contributed by atoms with Crippen molar-refractivity contribution in [2.24, 2.45) is 11.8 Å². The van der Waals surface area contributed by atoms with Crippen LogP contribution in [0.1, 0.15) is 68.7 Å². The summed E-state index contributed by atoms with van der Waals surface area (Å²) in [6.45, 7) is 1.33. The maximum absolute atomic E-state index is 13.2. The summed E-state index contributed by atoms with van der Waals surface area (Å²) in [5.74, 6) is 1.70. The predicted molar refractivity (Wildman–Crippen MR) is 128 cm³/mol. The van der Waals surface area contributed by atoms with Crippen LogP contribution in [0.4, 0.5) is 0 Å². The van der Waals surface area contributed by atoms with Crippen molar-refractivity contribution in [3.8, 4) is 5.75 Å². The Morgan fingerprint density at radius 3 is 2.42 bits per heavy atom. The van der Waals surface area contributed by atoms with Gasteiger partial charge in [0.05, 0.1) is 18.8 Å². The third-order valence-corrected chi connectivity index (χ3v) is 7.18. The Bertz CT molecular complexity index is 902. The van der Waals surface area contributed by atoms with Gasteiger partial charge in [-0.05, 0) is 55.0 Å². The van der Waals surface area contributed by atoms with Crippen molar-refractivity contribution in [3.05, 3.63) is 59.9 Å². The van der Waals surface area contributed by atoms with E-state index >= 15 is 0 Å². The van der Waals surface area contributed by atoms with Crippen molar-refractivity contribution >= 4 is 11.8 Å². The molecule has 4 rings (SSSR count). The van der Waals surface area contributed by atoms with E-state index in [9.17, 15) is 9.59 Å². The van der Waals surface area contributed by atoms with Crippen molar-refractivity contribution in [2.75, 3.05) is 20.2 Å². The van der Waals surface area contributed by atoms with Gasteiger partial charge in [0.25, 0.3) is 0 Å². The summed E-state index contributed by atoms with van der Waals surface area (Å²) >= 11 is 0. The molecule has 0 spiro atoms. The highest BCUT2D eigenvalue weighted by Gasteiger charge is 2.30. The molecule has 2 amide bonds. The molecule has 1 aliphatic carbocycles. The largest absolute Gasteiger partial charge is 0.497 e. The number of pyridine rings is 1. The summed E-state index contributed by atoms with van der Waals surface area (Å²) in [6, 6.07) is 13.1. The van der Waals surface area contributed by atoms with Crippen LogP contribution in [-0.2, 0) is 9.59 Å². The number of piperidine rings is 1. The van der Waals surface area contributed by atoms with E-state index < -0.39 is 0 Å². The van der Waals surface area contributed by atoms with Crippen LogP contribution in [0.3, 0.4) is 0 Å². The summed E-state index contributed by atoms with van der Waals surface area (Å²) in [5.41, 5.74) is 1.76. The van der Waals surface area contributed by atoms with Gasteiger partial charge >= 0.3 is 0 Å². The maximum Gasteiger partial charge on any atom is 0.224 e. The van der Waals surface area contributed by atoms with Crippen LogP contribution in [-0.4, -0.2) is 41.9 Å². The van der Waals surface area contributed by atoms with Gasteiger partial charge in [-0.15, -0.1) is 0 Å². The van der Waals surface area contributed by atoms with Crippen LogP contribution < -0.4 is 10.1 Å². The molecule has 2 fully saturated rings. The fourth-order valence-corrected chi connectivity index (χ4v) is 5.11. The van der Waals surface area contributed by atoms with Crippen molar-refractivity contribution in [1.82, 2.24) is 15.2 Å². The van der Waals surface area contributed by atoms with Crippen LogP contribution in [0.15, 0.2) is 48.7 Å². The first-order valence-electron chi connectivity index (χ1n) is 12.3. The molecule has 1 aromatic heterocycles. The Hall–Kier alpha value is -2.89. The predicted octanol–water partition coefficient (Wildman–Crippen LogP) is 4.50.